The Morgan fingerprint density at radius 2 is 1.84 bits per heavy atom. The average molecular weight is 524 g/mol. The third-order valence-electron chi connectivity index (χ3n) is 10.3. The van der Waals surface area contributed by atoms with Crippen molar-refractivity contribution in [1.82, 2.24) is 0 Å². The van der Waals surface area contributed by atoms with Crippen LogP contribution < -0.4 is 4.90 Å². The molecule has 1 aromatic rings. The molecular formula is C31H38FNO5. The van der Waals surface area contributed by atoms with Crippen molar-refractivity contribution in [3.8, 4) is 0 Å². The van der Waals surface area contributed by atoms with Gasteiger partial charge in [0, 0.05) is 37.0 Å². The molecule has 0 heterocycles. The first-order chi connectivity index (χ1) is 17.8. The van der Waals surface area contributed by atoms with Crippen molar-refractivity contribution in [2.75, 3.05) is 25.6 Å². The van der Waals surface area contributed by atoms with Crippen molar-refractivity contribution in [3.63, 3.8) is 0 Å². The molecule has 204 valence electrons. The van der Waals surface area contributed by atoms with Crippen molar-refractivity contribution in [1.29, 1.82) is 0 Å². The van der Waals surface area contributed by atoms with Crippen LogP contribution in [0.4, 0.5) is 10.1 Å². The van der Waals surface area contributed by atoms with Crippen LogP contribution in [0.5, 0.6) is 0 Å². The molecule has 0 bridgehead atoms. The molecule has 8 atom stereocenters. The molecule has 1 N–H and O–H groups in total. The highest BCUT2D eigenvalue weighted by Crippen LogP contribution is 2.69. The minimum Gasteiger partial charge on any atom is -0.454 e. The van der Waals surface area contributed by atoms with Crippen LogP contribution in [-0.4, -0.2) is 55.1 Å². The van der Waals surface area contributed by atoms with E-state index < -0.39 is 40.4 Å². The molecule has 0 aliphatic heterocycles. The number of halogens is 1. The average Bonchev–Trinajstić information content (AvgIpc) is 3.13. The molecule has 3 fully saturated rings. The molecule has 0 amide bonds. The maximum atomic E-state index is 17.2. The zero-order chi connectivity index (χ0) is 27.6. The monoisotopic (exact) mass is 523 g/mol. The third-order valence-corrected chi connectivity index (χ3v) is 10.3. The first-order valence-corrected chi connectivity index (χ1v) is 13.6. The van der Waals surface area contributed by atoms with Crippen LogP contribution in [0.15, 0.2) is 48.1 Å². The molecule has 6 nitrogen and oxygen atoms in total. The Bertz CT molecular complexity index is 1220. The largest absolute Gasteiger partial charge is 0.454 e. The van der Waals surface area contributed by atoms with Crippen LogP contribution in [0.1, 0.15) is 56.8 Å². The number of carbonyl (C=O) groups is 3. The molecule has 1 aromatic carbocycles. The predicted octanol–water partition coefficient (Wildman–Crippen LogP) is 4.71. The Morgan fingerprint density at radius 1 is 1.16 bits per heavy atom. The maximum absolute atomic E-state index is 17.2. The lowest BCUT2D eigenvalue weighted by atomic mass is 9.45. The van der Waals surface area contributed by atoms with E-state index in [1.165, 1.54) is 12.2 Å². The number of ether oxygens (including phenoxy) is 1. The number of ketones is 2. The second kappa shape index (κ2) is 9.15. The first-order valence-electron chi connectivity index (χ1n) is 13.6. The summed E-state index contributed by atoms with van der Waals surface area (Å²) in [5.41, 5.74) is -1.50. The van der Waals surface area contributed by atoms with Gasteiger partial charge < -0.3 is 14.7 Å². The zero-order valence-electron chi connectivity index (χ0n) is 22.9. The smallest absolute Gasteiger partial charge is 0.338 e. The standard InChI is InChI=1S/C31H38FNO5/c1-18-14-24-23-11-8-20-15-22(34)12-13-30(20,3)31(23,32)26(36)16-29(24,2)27(18)25(35)17-38-28(37)19-6-9-21(10-7-19)33(4)5/h6-7,9-10,12-13,15,18,23-24,26-27,36H,8,11,14,16-17H2,1-5H3/t18-,23?,24?,26-,27+,29-,30-,31-/m0/s1. The van der Waals surface area contributed by atoms with E-state index in [0.717, 1.165) is 11.3 Å². The number of anilines is 1. The van der Waals surface area contributed by atoms with Crippen molar-refractivity contribution >= 4 is 23.2 Å². The summed E-state index contributed by atoms with van der Waals surface area (Å²) in [4.78, 5) is 40.1. The Hall–Kier alpha value is -2.80. The first kappa shape index (κ1) is 26.8. The second-order valence-corrected chi connectivity index (χ2v) is 12.5. The Morgan fingerprint density at radius 3 is 2.50 bits per heavy atom. The van der Waals surface area contributed by atoms with Crippen LogP contribution in [0.3, 0.4) is 0 Å². The molecule has 4 aliphatic carbocycles. The number of allylic oxidation sites excluding steroid dienone is 4. The van der Waals surface area contributed by atoms with Gasteiger partial charge in [-0.15, -0.1) is 0 Å². The lowest BCUT2D eigenvalue weighted by Crippen LogP contribution is -2.66. The highest BCUT2D eigenvalue weighted by Gasteiger charge is 2.71. The molecule has 4 aliphatic rings. The van der Waals surface area contributed by atoms with E-state index in [1.807, 2.05) is 45.0 Å². The summed E-state index contributed by atoms with van der Waals surface area (Å²) < 4.78 is 22.7. The van der Waals surface area contributed by atoms with E-state index in [2.05, 4.69) is 0 Å². The number of hydrogen-bond acceptors (Lipinski definition) is 6. The number of carbonyl (C=O) groups excluding carboxylic acids is 3. The molecule has 0 aromatic heterocycles. The minimum absolute atomic E-state index is 0.0293. The van der Waals surface area contributed by atoms with Gasteiger partial charge in [-0.1, -0.05) is 25.5 Å². The van der Waals surface area contributed by atoms with Gasteiger partial charge in [0.05, 0.1) is 11.7 Å². The maximum Gasteiger partial charge on any atom is 0.338 e. The molecule has 0 radical (unpaired) electrons. The van der Waals surface area contributed by atoms with Crippen LogP contribution >= 0.6 is 0 Å². The van der Waals surface area contributed by atoms with Crippen LogP contribution in [-0.2, 0) is 14.3 Å². The quantitative estimate of drug-likeness (QED) is 0.563. The lowest BCUT2D eigenvalue weighted by Gasteiger charge is -2.61. The van der Waals surface area contributed by atoms with E-state index in [-0.39, 0.29) is 36.4 Å². The summed E-state index contributed by atoms with van der Waals surface area (Å²) in [6.07, 6.45) is 5.27. The fourth-order valence-electron chi connectivity index (χ4n) is 8.47. The summed E-state index contributed by atoms with van der Waals surface area (Å²) in [5.74, 6) is -1.88. The van der Waals surface area contributed by atoms with E-state index in [1.54, 1.807) is 25.1 Å². The summed E-state index contributed by atoms with van der Waals surface area (Å²) in [6, 6.07) is 6.99. The summed E-state index contributed by atoms with van der Waals surface area (Å²) in [6.45, 7) is 5.46. The third kappa shape index (κ3) is 3.80. The summed E-state index contributed by atoms with van der Waals surface area (Å²) in [5, 5.41) is 11.4. The Labute approximate surface area is 223 Å². The molecular weight excluding hydrogens is 485 g/mol. The van der Waals surface area contributed by atoms with Crippen LogP contribution in [0, 0.1) is 34.5 Å². The number of fused-ring (bicyclic) bond motifs is 5. The molecule has 2 unspecified atom stereocenters. The van der Waals surface area contributed by atoms with Crippen LogP contribution in [0.2, 0.25) is 0 Å². The van der Waals surface area contributed by atoms with Crippen LogP contribution in [0.25, 0.3) is 0 Å². The number of nitrogens with zero attached hydrogens (tertiary/aromatic N) is 1. The Kier molecular flexibility index (Phi) is 6.45. The highest BCUT2D eigenvalue weighted by atomic mass is 19.1. The van der Waals surface area contributed by atoms with Gasteiger partial charge in [0.25, 0.3) is 0 Å². The fraction of sp³-hybridized carbons (Fsp3) is 0.581. The number of aliphatic hydroxyl groups is 1. The van der Waals surface area contributed by atoms with Gasteiger partial charge in [0.15, 0.2) is 23.8 Å². The fourth-order valence-corrected chi connectivity index (χ4v) is 8.47. The van der Waals surface area contributed by atoms with Gasteiger partial charge >= 0.3 is 5.97 Å². The number of esters is 1. The molecule has 0 saturated heterocycles. The number of Topliss-reactive ketones (excluding diaryl/α,β-unsaturated/α-hetero) is 1. The molecule has 0 spiro atoms. The lowest BCUT2D eigenvalue weighted by molar-refractivity contribution is -0.196. The minimum atomic E-state index is -1.92. The molecule has 38 heavy (non-hydrogen) atoms. The molecule has 5 rings (SSSR count). The predicted molar refractivity (Wildman–Crippen MR) is 142 cm³/mol. The van der Waals surface area contributed by atoms with E-state index in [9.17, 15) is 19.5 Å². The van der Waals surface area contributed by atoms with Crippen molar-refractivity contribution < 1.29 is 28.6 Å². The van der Waals surface area contributed by atoms with Gasteiger partial charge in [0.2, 0.25) is 0 Å². The number of alkyl halides is 1. The van der Waals surface area contributed by atoms with Gasteiger partial charge in [-0.2, -0.15) is 0 Å². The number of benzene rings is 1. The van der Waals surface area contributed by atoms with Gasteiger partial charge in [-0.3, -0.25) is 9.59 Å². The van der Waals surface area contributed by atoms with Gasteiger partial charge in [-0.05, 0) is 86.3 Å². The topological polar surface area (TPSA) is 83.9 Å². The second-order valence-electron chi connectivity index (χ2n) is 12.5. The van der Waals surface area contributed by atoms with Gasteiger partial charge in [0.1, 0.15) is 0 Å². The Balaban J connectivity index is 1.35. The van der Waals surface area contributed by atoms with E-state index in [0.29, 0.717) is 24.8 Å². The zero-order valence-corrected chi connectivity index (χ0v) is 22.9. The SMILES string of the molecule is C[C@H]1CC2C3CCC4=CC(=O)C=C[C@]4(C)[C@@]3(F)[C@@H](O)C[C@]2(C)[C@H]1C(=O)COC(=O)c1ccc(N(C)C)cc1. The van der Waals surface area contributed by atoms with Crippen molar-refractivity contribution in [2.24, 2.45) is 34.5 Å². The molecule has 7 heteroatoms. The normalized spacial score (nSPS) is 39.5. The van der Waals surface area contributed by atoms with Crippen molar-refractivity contribution in [2.45, 2.75) is 58.2 Å². The number of hydrogen-bond donors (Lipinski definition) is 1. The molecule has 3 saturated carbocycles. The highest BCUT2D eigenvalue weighted by molar-refractivity contribution is 6.01. The van der Waals surface area contributed by atoms with E-state index in [4.69, 9.17) is 4.74 Å². The van der Waals surface area contributed by atoms with Gasteiger partial charge in [-0.25, -0.2) is 9.18 Å². The van der Waals surface area contributed by atoms with Crippen molar-refractivity contribution in [3.05, 3.63) is 53.6 Å². The summed E-state index contributed by atoms with van der Waals surface area (Å²) in [7, 11) is 3.82. The summed E-state index contributed by atoms with van der Waals surface area (Å²) >= 11 is 0. The number of aliphatic hydroxyl groups excluding tert-OH is 1. The van der Waals surface area contributed by atoms with E-state index >= 15 is 4.39 Å². The number of rotatable bonds is 5.